The molecule has 0 unspecified atom stereocenters. The lowest BCUT2D eigenvalue weighted by molar-refractivity contribution is -0.409. The lowest BCUT2D eigenvalue weighted by atomic mass is 9.98. The van der Waals surface area contributed by atoms with Crippen LogP contribution in [0.15, 0.2) is 30.3 Å². The van der Waals surface area contributed by atoms with Gasteiger partial charge in [-0.1, -0.05) is 50.6 Å². The first-order valence-corrected chi connectivity index (χ1v) is 6.38. The predicted octanol–water partition coefficient (Wildman–Crippen LogP) is 0.585. The van der Waals surface area contributed by atoms with Crippen LogP contribution in [0.3, 0.4) is 0 Å². The molecule has 3 atom stereocenters. The van der Waals surface area contributed by atoms with Gasteiger partial charge in [0, 0.05) is 5.56 Å². The Morgan fingerprint density at radius 2 is 1.89 bits per heavy atom. The number of carboxylic acids is 1. The molecule has 0 radical (unpaired) electrons. The first-order chi connectivity index (χ1) is 8.97. The zero-order valence-corrected chi connectivity index (χ0v) is 11.3. The van der Waals surface area contributed by atoms with E-state index >= 15 is 0 Å². The molecule has 0 saturated carbocycles. The number of nitrogens with one attached hydrogen (secondary N) is 1. The van der Waals surface area contributed by atoms with Crippen LogP contribution in [0.25, 0.3) is 0 Å². The molecule has 0 aromatic heterocycles. The Hall–Kier alpha value is -1.88. The van der Waals surface area contributed by atoms with Crippen molar-refractivity contribution < 1.29 is 20.4 Å². The molecular formula is C14H21N2O3+. The van der Waals surface area contributed by atoms with Crippen LogP contribution < -0.4 is 11.1 Å². The van der Waals surface area contributed by atoms with Gasteiger partial charge in [0.15, 0.2) is 6.04 Å². The van der Waals surface area contributed by atoms with Crippen molar-refractivity contribution in [2.75, 3.05) is 0 Å². The smallest absolute Gasteiger partial charge is 0.326 e. The molecule has 1 aromatic carbocycles. The van der Waals surface area contributed by atoms with E-state index in [4.69, 9.17) is 5.11 Å². The minimum Gasteiger partial charge on any atom is -0.480 e. The fourth-order valence-electron chi connectivity index (χ4n) is 1.77. The molecular weight excluding hydrogens is 244 g/mol. The standard InChI is InChI=1S/C14H20N2O3/c1-3-9(2)12(14(18)19)16-13(17)11(15)10-7-5-4-6-8-10/h4-9,11-12H,3,15H2,1-2H3,(H,16,17)(H,18,19)/p+1/t9-,11+,12-/m0/s1. The molecule has 1 aromatic rings. The Balaban J connectivity index is 2.75. The highest BCUT2D eigenvalue weighted by atomic mass is 16.4. The van der Waals surface area contributed by atoms with E-state index < -0.39 is 18.1 Å². The van der Waals surface area contributed by atoms with Gasteiger partial charge in [-0.3, -0.25) is 4.79 Å². The van der Waals surface area contributed by atoms with E-state index in [1.165, 1.54) is 0 Å². The number of carbonyl (C=O) groups excluding carboxylic acids is 1. The molecule has 0 fully saturated rings. The first-order valence-electron chi connectivity index (χ1n) is 6.38. The number of carbonyl (C=O) groups is 2. The summed E-state index contributed by atoms with van der Waals surface area (Å²) in [4.78, 5) is 23.2. The second kappa shape index (κ2) is 6.89. The maximum absolute atomic E-state index is 12.0. The third kappa shape index (κ3) is 4.06. The van der Waals surface area contributed by atoms with Crippen molar-refractivity contribution in [1.82, 2.24) is 5.32 Å². The molecule has 0 saturated heterocycles. The maximum Gasteiger partial charge on any atom is 0.326 e. The third-order valence-corrected chi connectivity index (χ3v) is 3.30. The molecule has 104 valence electrons. The number of carboxylic acid groups (broad SMARTS) is 1. The highest BCUT2D eigenvalue weighted by molar-refractivity contribution is 5.86. The van der Waals surface area contributed by atoms with Crippen LogP contribution in [0, 0.1) is 5.92 Å². The van der Waals surface area contributed by atoms with Gasteiger partial charge in [-0.15, -0.1) is 0 Å². The summed E-state index contributed by atoms with van der Waals surface area (Å²) in [5.74, 6) is -1.49. The Kier molecular flexibility index (Phi) is 5.51. The zero-order valence-electron chi connectivity index (χ0n) is 11.3. The Morgan fingerprint density at radius 3 is 2.37 bits per heavy atom. The van der Waals surface area contributed by atoms with Crippen LogP contribution in [0.4, 0.5) is 0 Å². The number of quaternary nitrogens is 1. The monoisotopic (exact) mass is 265 g/mol. The number of aliphatic carboxylic acids is 1. The molecule has 5 heteroatoms. The van der Waals surface area contributed by atoms with Gasteiger partial charge in [0.25, 0.3) is 5.91 Å². The average molecular weight is 265 g/mol. The summed E-state index contributed by atoms with van der Waals surface area (Å²) in [5, 5.41) is 11.7. The topological polar surface area (TPSA) is 94.0 Å². The quantitative estimate of drug-likeness (QED) is 0.702. The summed E-state index contributed by atoms with van der Waals surface area (Å²) >= 11 is 0. The minimum atomic E-state index is -1.01. The van der Waals surface area contributed by atoms with Crippen LogP contribution in [0.1, 0.15) is 31.9 Å². The minimum absolute atomic E-state index is 0.121. The summed E-state index contributed by atoms with van der Waals surface area (Å²) in [5.41, 5.74) is 4.57. The summed E-state index contributed by atoms with van der Waals surface area (Å²) in [6.07, 6.45) is 0.685. The molecule has 19 heavy (non-hydrogen) atoms. The maximum atomic E-state index is 12.0. The summed E-state index contributed by atoms with van der Waals surface area (Å²) in [6, 6.07) is 7.63. The van der Waals surface area contributed by atoms with E-state index in [-0.39, 0.29) is 11.8 Å². The van der Waals surface area contributed by atoms with Crippen LogP contribution in [-0.4, -0.2) is 23.0 Å². The van der Waals surface area contributed by atoms with Crippen molar-refractivity contribution in [3.63, 3.8) is 0 Å². The molecule has 0 heterocycles. The molecule has 0 aliphatic heterocycles. The van der Waals surface area contributed by atoms with Gasteiger partial charge in [-0.25, -0.2) is 4.79 Å². The van der Waals surface area contributed by atoms with Crippen molar-refractivity contribution >= 4 is 11.9 Å². The fourth-order valence-corrected chi connectivity index (χ4v) is 1.77. The Bertz CT molecular complexity index is 434. The van der Waals surface area contributed by atoms with Crippen molar-refractivity contribution in [2.45, 2.75) is 32.4 Å². The van der Waals surface area contributed by atoms with Gasteiger partial charge in [-0.2, -0.15) is 0 Å². The highest BCUT2D eigenvalue weighted by Gasteiger charge is 2.29. The van der Waals surface area contributed by atoms with Gasteiger partial charge >= 0.3 is 5.97 Å². The molecule has 0 bridgehead atoms. The molecule has 5 nitrogen and oxygen atoms in total. The predicted molar refractivity (Wildman–Crippen MR) is 71.1 cm³/mol. The average Bonchev–Trinajstić information content (AvgIpc) is 2.43. The van der Waals surface area contributed by atoms with Gasteiger partial charge in [0.1, 0.15) is 6.04 Å². The molecule has 1 amide bonds. The SMILES string of the molecule is CC[C@H](C)[C@H](NC(=O)[C@H]([NH3+])c1ccccc1)C(=O)O. The van der Waals surface area contributed by atoms with Crippen molar-refractivity contribution in [2.24, 2.45) is 5.92 Å². The van der Waals surface area contributed by atoms with Crippen LogP contribution in [0.5, 0.6) is 0 Å². The molecule has 1 rings (SSSR count). The Morgan fingerprint density at radius 1 is 1.32 bits per heavy atom. The number of rotatable bonds is 6. The number of benzene rings is 1. The van der Waals surface area contributed by atoms with Crippen molar-refractivity contribution in [3.05, 3.63) is 35.9 Å². The molecule has 0 aliphatic carbocycles. The van der Waals surface area contributed by atoms with Crippen LogP contribution in [0.2, 0.25) is 0 Å². The normalized spacial score (nSPS) is 15.3. The lowest BCUT2D eigenvalue weighted by Gasteiger charge is -2.21. The summed E-state index contributed by atoms with van der Waals surface area (Å²) in [6.45, 7) is 3.70. The second-order valence-electron chi connectivity index (χ2n) is 4.67. The summed E-state index contributed by atoms with van der Waals surface area (Å²) in [7, 11) is 0. The van der Waals surface area contributed by atoms with E-state index in [0.29, 0.717) is 6.42 Å². The van der Waals surface area contributed by atoms with E-state index in [1.54, 1.807) is 19.1 Å². The van der Waals surface area contributed by atoms with Crippen molar-refractivity contribution in [3.8, 4) is 0 Å². The second-order valence-corrected chi connectivity index (χ2v) is 4.67. The van der Waals surface area contributed by atoms with E-state index in [0.717, 1.165) is 5.56 Å². The van der Waals surface area contributed by atoms with Gasteiger partial charge in [-0.05, 0) is 5.92 Å². The molecule has 5 N–H and O–H groups in total. The Labute approximate surface area is 112 Å². The largest absolute Gasteiger partial charge is 0.480 e. The third-order valence-electron chi connectivity index (χ3n) is 3.30. The number of amides is 1. The highest BCUT2D eigenvalue weighted by Crippen LogP contribution is 2.11. The lowest BCUT2D eigenvalue weighted by Crippen LogP contribution is -2.62. The van der Waals surface area contributed by atoms with Gasteiger partial charge < -0.3 is 16.2 Å². The van der Waals surface area contributed by atoms with Crippen LogP contribution >= 0.6 is 0 Å². The van der Waals surface area contributed by atoms with E-state index in [9.17, 15) is 9.59 Å². The number of hydrogen-bond donors (Lipinski definition) is 3. The van der Waals surface area contributed by atoms with Gasteiger partial charge in [0.2, 0.25) is 0 Å². The fraction of sp³-hybridized carbons (Fsp3) is 0.429. The van der Waals surface area contributed by atoms with Crippen LogP contribution in [-0.2, 0) is 9.59 Å². The van der Waals surface area contributed by atoms with E-state index in [1.807, 2.05) is 25.1 Å². The summed E-state index contributed by atoms with van der Waals surface area (Å²) < 4.78 is 0. The first kappa shape index (κ1) is 15.2. The van der Waals surface area contributed by atoms with Crippen molar-refractivity contribution in [1.29, 1.82) is 0 Å². The van der Waals surface area contributed by atoms with Gasteiger partial charge in [0.05, 0.1) is 0 Å². The van der Waals surface area contributed by atoms with E-state index in [2.05, 4.69) is 11.1 Å². The number of hydrogen-bond acceptors (Lipinski definition) is 2. The molecule has 0 aliphatic rings. The molecule has 0 spiro atoms. The zero-order chi connectivity index (χ0) is 14.4.